The van der Waals surface area contributed by atoms with Crippen LogP contribution in [0.3, 0.4) is 0 Å². The average Bonchev–Trinajstić information content (AvgIpc) is 3.07. The number of hydrogen-bond acceptors (Lipinski definition) is 5. The van der Waals surface area contributed by atoms with Gasteiger partial charge in [-0.25, -0.2) is 4.98 Å². The molecule has 2 heterocycles. The number of thioether (sulfide) groups is 1. The SMILES string of the molecule is Cc1ccccc1NC(=O)CSc1nc2c(oc3ccccc32)c(=O)n1C(C)C. The number of nitrogens with zero attached hydrogens (tertiary/aromatic N) is 2. The molecule has 0 saturated heterocycles. The van der Waals surface area contributed by atoms with E-state index in [0.717, 1.165) is 16.6 Å². The van der Waals surface area contributed by atoms with Crippen LogP contribution in [0.1, 0.15) is 25.5 Å². The first-order valence-corrected chi connectivity index (χ1v) is 10.4. The molecule has 29 heavy (non-hydrogen) atoms. The molecule has 0 atom stereocenters. The van der Waals surface area contributed by atoms with Crippen molar-refractivity contribution < 1.29 is 9.21 Å². The van der Waals surface area contributed by atoms with Gasteiger partial charge in [0.2, 0.25) is 11.5 Å². The molecule has 1 amide bonds. The molecule has 0 aliphatic heterocycles. The normalized spacial score (nSPS) is 11.4. The molecule has 0 radical (unpaired) electrons. The number of carbonyl (C=O) groups is 1. The first kappa shape index (κ1) is 19.3. The maximum Gasteiger partial charge on any atom is 0.298 e. The van der Waals surface area contributed by atoms with Gasteiger partial charge in [-0.3, -0.25) is 14.2 Å². The maximum absolute atomic E-state index is 13.1. The Morgan fingerprint density at radius 2 is 1.90 bits per heavy atom. The van der Waals surface area contributed by atoms with Gasteiger partial charge in [-0.05, 0) is 44.5 Å². The lowest BCUT2D eigenvalue weighted by molar-refractivity contribution is -0.113. The maximum atomic E-state index is 13.1. The number of hydrogen-bond donors (Lipinski definition) is 1. The fourth-order valence-electron chi connectivity index (χ4n) is 3.22. The number of amides is 1. The van der Waals surface area contributed by atoms with E-state index in [-0.39, 0.29) is 28.8 Å². The van der Waals surface area contributed by atoms with Gasteiger partial charge < -0.3 is 9.73 Å². The molecule has 2 aromatic heterocycles. The van der Waals surface area contributed by atoms with E-state index < -0.39 is 0 Å². The van der Waals surface area contributed by atoms with Crippen LogP contribution >= 0.6 is 11.8 Å². The lowest BCUT2D eigenvalue weighted by atomic mass is 10.2. The standard InChI is InChI=1S/C22H21N3O3S/c1-13(2)25-21(27)20-19(15-9-5-7-11-17(15)28-20)24-22(25)29-12-18(26)23-16-10-6-4-8-14(16)3/h4-11,13H,12H2,1-3H3,(H,23,26). The topological polar surface area (TPSA) is 77.1 Å². The van der Waals surface area contributed by atoms with Crippen molar-refractivity contribution in [3.63, 3.8) is 0 Å². The molecule has 148 valence electrons. The summed E-state index contributed by atoms with van der Waals surface area (Å²) in [6.07, 6.45) is 0. The van der Waals surface area contributed by atoms with Crippen molar-refractivity contribution in [1.29, 1.82) is 0 Å². The number of carbonyl (C=O) groups excluding carboxylic acids is 1. The van der Waals surface area contributed by atoms with Crippen molar-refractivity contribution in [2.45, 2.75) is 32.0 Å². The highest BCUT2D eigenvalue weighted by Crippen LogP contribution is 2.28. The highest BCUT2D eigenvalue weighted by atomic mass is 32.2. The lowest BCUT2D eigenvalue weighted by Gasteiger charge is -2.14. The highest BCUT2D eigenvalue weighted by Gasteiger charge is 2.20. The third-order valence-electron chi connectivity index (χ3n) is 4.66. The Balaban J connectivity index is 1.68. The first-order valence-electron chi connectivity index (χ1n) is 9.37. The minimum absolute atomic E-state index is 0.116. The zero-order chi connectivity index (χ0) is 20.5. The number of anilines is 1. The predicted molar refractivity (Wildman–Crippen MR) is 117 cm³/mol. The predicted octanol–water partition coefficient (Wildman–Crippen LogP) is 4.76. The van der Waals surface area contributed by atoms with Crippen LogP contribution in [0.25, 0.3) is 22.1 Å². The first-order chi connectivity index (χ1) is 14.0. The van der Waals surface area contributed by atoms with Gasteiger partial charge in [-0.2, -0.15) is 0 Å². The quantitative estimate of drug-likeness (QED) is 0.381. The Kier molecular flexibility index (Phi) is 5.15. The summed E-state index contributed by atoms with van der Waals surface area (Å²) < 4.78 is 7.34. The fourth-order valence-corrected chi connectivity index (χ4v) is 4.14. The Morgan fingerprint density at radius 3 is 2.66 bits per heavy atom. The van der Waals surface area contributed by atoms with Gasteiger partial charge in [0.05, 0.1) is 5.75 Å². The zero-order valence-electron chi connectivity index (χ0n) is 16.4. The van der Waals surface area contributed by atoms with E-state index in [2.05, 4.69) is 5.32 Å². The van der Waals surface area contributed by atoms with Crippen molar-refractivity contribution in [1.82, 2.24) is 9.55 Å². The Bertz CT molecular complexity index is 1270. The number of aromatic nitrogens is 2. The number of para-hydroxylation sites is 2. The smallest absolute Gasteiger partial charge is 0.298 e. The molecule has 0 aliphatic carbocycles. The van der Waals surface area contributed by atoms with Crippen molar-refractivity contribution in [3.05, 3.63) is 64.4 Å². The van der Waals surface area contributed by atoms with Crippen LogP contribution in [0.2, 0.25) is 0 Å². The van der Waals surface area contributed by atoms with Gasteiger partial charge in [-0.15, -0.1) is 0 Å². The molecule has 4 aromatic rings. The monoisotopic (exact) mass is 407 g/mol. The number of furan rings is 1. The molecule has 4 rings (SSSR count). The molecule has 0 unspecified atom stereocenters. The molecule has 0 bridgehead atoms. The fraction of sp³-hybridized carbons (Fsp3) is 0.227. The van der Waals surface area contributed by atoms with Crippen LogP contribution in [-0.4, -0.2) is 21.2 Å². The summed E-state index contributed by atoms with van der Waals surface area (Å²) in [5, 5.41) is 4.21. The van der Waals surface area contributed by atoms with E-state index in [1.165, 1.54) is 11.8 Å². The van der Waals surface area contributed by atoms with Crippen LogP contribution < -0.4 is 10.9 Å². The number of rotatable bonds is 5. The second-order valence-corrected chi connectivity index (χ2v) is 8.03. The molecule has 0 saturated carbocycles. The van der Waals surface area contributed by atoms with Crippen molar-refractivity contribution in [2.24, 2.45) is 0 Å². The number of fused-ring (bicyclic) bond motifs is 3. The summed E-state index contributed by atoms with van der Waals surface area (Å²) in [7, 11) is 0. The van der Waals surface area contributed by atoms with Crippen molar-refractivity contribution >= 4 is 45.4 Å². The van der Waals surface area contributed by atoms with E-state index in [1.54, 1.807) is 4.57 Å². The third kappa shape index (κ3) is 3.65. The Hall–Kier alpha value is -3.06. The van der Waals surface area contributed by atoms with Gasteiger partial charge in [0.1, 0.15) is 11.1 Å². The van der Waals surface area contributed by atoms with Crippen LogP contribution in [0.4, 0.5) is 5.69 Å². The van der Waals surface area contributed by atoms with Gasteiger partial charge in [0.25, 0.3) is 5.56 Å². The van der Waals surface area contributed by atoms with Crippen LogP contribution in [0, 0.1) is 6.92 Å². The summed E-state index contributed by atoms with van der Waals surface area (Å²) in [6, 6.07) is 14.9. The summed E-state index contributed by atoms with van der Waals surface area (Å²) >= 11 is 1.25. The van der Waals surface area contributed by atoms with Crippen LogP contribution in [-0.2, 0) is 4.79 Å². The molecule has 0 aliphatic rings. The highest BCUT2D eigenvalue weighted by molar-refractivity contribution is 7.99. The second kappa shape index (κ2) is 7.75. The average molecular weight is 407 g/mol. The van der Waals surface area contributed by atoms with Crippen LogP contribution in [0.5, 0.6) is 0 Å². The minimum atomic E-state index is -0.233. The Labute approximate surface area is 171 Å². The molecular weight excluding hydrogens is 386 g/mol. The Morgan fingerprint density at radius 1 is 1.17 bits per heavy atom. The largest absolute Gasteiger partial charge is 0.448 e. The molecule has 6 nitrogen and oxygen atoms in total. The summed E-state index contributed by atoms with van der Waals surface area (Å²) in [4.78, 5) is 30.2. The van der Waals surface area contributed by atoms with Gasteiger partial charge >= 0.3 is 0 Å². The van der Waals surface area contributed by atoms with E-state index in [0.29, 0.717) is 16.3 Å². The number of aryl methyl sites for hydroxylation is 1. The van der Waals surface area contributed by atoms with Crippen molar-refractivity contribution in [2.75, 3.05) is 11.1 Å². The third-order valence-corrected chi connectivity index (χ3v) is 5.62. The van der Waals surface area contributed by atoms with Gasteiger partial charge in [-0.1, -0.05) is 42.1 Å². The molecule has 0 spiro atoms. The van der Waals surface area contributed by atoms with Gasteiger partial charge in [0, 0.05) is 17.1 Å². The molecule has 7 heteroatoms. The zero-order valence-corrected chi connectivity index (χ0v) is 17.2. The molecule has 0 fully saturated rings. The van der Waals surface area contributed by atoms with E-state index in [4.69, 9.17) is 9.40 Å². The summed E-state index contributed by atoms with van der Waals surface area (Å²) in [5.74, 6) is 0.000385. The molecule has 2 aromatic carbocycles. The number of benzene rings is 2. The van der Waals surface area contributed by atoms with Gasteiger partial charge in [0.15, 0.2) is 5.16 Å². The molecular formula is C22H21N3O3S. The molecule has 1 N–H and O–H groups in total. The van der Waals surface area contributed by atoms with E-state index in [9.17, 15) is 9.59 Å². The van der Waals surface area contributed by atoms with E-state index in [1.807, 2.05) is 69.3 Å². The van der Waals surface area contributed by atoms with E-state index >= 15 is 0 Å². The van der Waals surface area contributed by atoms with Crippen molar-refractivity contribution in [3.8, 4) is 0 Å². The minimum Gasteiger partial charge on any atom is -0.448 e. The summed E-state index contributed by atoms with van der Waals surface area (Å²) in [5.41, 5.74) is 2.95. The van der Waals surface area contributed by atoms with Crippen LogP contribution in [0.15, 0.2) is 62.9 Å². The lowest BCUT2D eigenvalue weighted by Crippen LogP contribution is -2.25. The number of nitrogens with one attached hydrogen (secondary N) is 1. The summed E-state index contributed by atoms with van der Waals surface area (Å²) in [6.45, 7) is 5.77. The second-order valence-electron chi connectivity index (χ2n) is 7.09.